The number of alkyl halides is 3. The Bertz CT molecular complexity index is 1050. The lowest BCUT2D eigenvalue weighted by atomic mass is 10.2. The van der Waals surface area contributed by atoms with Crippen LogP contribution >= 0.6 is 0 Å². The van der Waals surface area contributed by atoms with Crippen molar-refractivity contribution in [3.63, 3.8) is 0 Å². The average molecular weight is 391 g/mol. The number of nitrogens with zero attached hydrogens (tertiary/aromatic N) is 2. The van der Waals surface area contributed by atoms with E-state index in [9.17, 15) is 13.2 Å². The summed E-state index contributed by atoms with van der Waals surface area (Å²) in [6.07, 6.45) is -1.78. The predicted molar refractivity (Wildman–Crippen MR) is 96.3 cm³/mol. The highest BCUT2D eigenvalue weighted by atomic mass is 19.4. The van der Waals surface area contributed by atoms with Crippen LogP contribution in [0.5, 0.6) is 11.5 Å². The number of hydrogen-bond acceptors (Lipinski definition) is 6. The lowest BCUT2D eigenvalue weighted by molar-refractivity contribution is -0.136. The summed E-state index contributed by atoms with van der Waals surface area (Å²) in [5, 5.41) is 6.06. The first kappa shape index (κ1) is 17.0. The molecule has 1 aliphatic carbocycles. The monoisotopic (exact) mass is 391 g/mol. The van der Waals surface area contributed by atoms with E-state index < -0.39 is 11.7 Å². The molecule has 0 unspecified atom stereocenters. The second-order valence-corrected chi connectivity index (χ2v) is 6.69. The van der Waals surface area contributed by atoms with E-state index in [1.165, 1.54) is 0 Å². The van der Waals surface area contributed by atoms with Crippen molar-refractivity contribution in [1.29, 1.82) is 0 Å². The van der Waals surface area contributed by atoms with Gasteiger partial charge >= 0.3 is 6.18 Å². The Hall–Kier alpha value is -3.17. The maximum absolute atomic E-state index is 13.4. The van der Waals surface area contributed by atoms with Crippen LogP contribution in [0, 0.1) is 0 Å². The fourth-order valence-electron chi connectivity index (χ4n) is 3.13. The molecule has 2 aliphatic rings. The van der Waals surface area contributed by atoms with Crippen molar-refractivity contribution >= 4 is 28.5 Å². The van der Waals surface area contributed by atoms with E-state index in [0.717, 1.165) is 19.0 Å². The normalized spacial score (nSPS) is 16.2. The molecular formula is C18H16F3N5O2. The van der Waals surface area contributed by atoms with Gasteiger partial charge in [-0.05, 0) is 25.0 Å². The lowest BCUT2D eigenvalue weighted by Gasteiger charge is -2.21. The van der Waals surface area contributed by atoms with Crippen LogP contribution in [-0.4, -0.2) is 34.2 Å². The van der Waals surface area contributed by atoms with Crippen molar-refractivity contribution in [1.82, 2.24) is 15.0 Å². The van der Waals surface area contributed by atoms with Crippen molar-refractivity contribution in [2.24, 2.45) is 0 Å². The quantitative estimate of drug-likeness (QED) is 0.622. The smallest absolute Gasteiger partial charge is 0.418 e. The molecule has 0 spiro atoms. The molecule has 0 amide bonds. The molecule has 1 aliphatic heterocycles. The number of aromatic amines is 1. The Morgan fingerprint density at radius 3 is 2.71 bits per heavy atom. The zero-order valence-corrected chi connectivity index (χ0v) is 14.6. The number of anilines is 3. The molecule has 5 rings (SSSR count). The zero-order chi connectivity index (χ0) is 19.3. The fourth-order valence-corrected chi connectivity index (χ4v) is 3.13. The van der Waals surface area contributed by atoms with Gasteiger partial charge in [-0.15, -0.1) is 0 Å². The van der Waals surface area contributed by atoms with Gasteiger partial charge in [0.25, 0.3) is 0 Å². The summed E-state index contributed by atoms with van der Waals surface area (Å²) in [6.45, 7) is 0.864. The van der Waals surface area contributed by atoms with Crippen LogP contribution in [0.15, 0.2) is 24.4 Å². The van der Waals surface area contributed by atoms with E-state index >= 15 is 0 Å². The first-order chi connectivity index (χ1) is 13.5. The Labute approximate surface area is 157 Å². The molecule has 1 fully saturated rings. The third kappa shape index (κ3) is 3.04. The number of halogens is 3. The van der Waals surface area contributed by atoms with Gasteiger partial charge < -0.3 is 25.1 Å². The van der Waals surface area contributed by atoms with Gasteiger partial charge in [-0.3, -0.25) is 0 Å². The van der Waals surface area contributed by atoms with E-state index in [-0.39, 0.29) is 28.8 Å². The number of ether oxygens (including phenoxy) is 2. The first-order valence-electron chi connectivity index (χ1n) is 8.87. The molecule has 1 saturated carbocycles. The van der Waals surface area contributed by atoms with Crippen molar-refractivity contribution in [2.45, 2.75) is 25.1 Å². The minimum atomic E-state index is -4.50. The molecule has 0 atom stereocenters. The number of rotatable bonds is 4. The van der Waals surface area contributed by atoms with Crippen LogP contribution in [0.25, 0.3) is 11.0 Å². The van der Waals surface area contributed by atoms with Crippen LogP contribution in [0.2, 0.25) is 0 Å². The molecule has 28 heavy (non-hydrogen) atoms. The Balaban J connectivity index is 1.57. The van der Waals surface area contributed by atoms with Gasteiger partial charge in [0.1, 0.15) is 24.7 Å². The second kappa shape index (κ2) is 6.18. The van der Waals surface area contributed by atoms with Gasteiger partial charge in [-0.2, -0.15) is 23.1 Å². The number of nitrogens with one attached hydrogen (secondary N) is 3. The first-order valence-corrected chi connectivity index (χ1v) is 8.87. The number of benzene rings is 1. The van der Waals surface area contributed by atoms with E-state index in [2.05, 4.69) is 25.6 Å². The summed E-state index contributed by atoms with van der Waals surface area (Å²) >= 11 is 0. The van der Waals surface area contributed by atoms with E-state index in [4.69, 9.17) is 9.47 Å². The summed E-state index contributed by atoms with van der Waals surface area (Å²) in [5.41, 5.74) is -0.0995. The fraction of sp³-hybridized carbons (Fsp3) is 0.333. The largest absolute Gasteiger partial charge is 0.486 e. The van der Waals surface area contributed by atoms with E-state index in [0.29, 0.717) is 30.4 Å². The minimum absolute atomic E-state index is 0.0559. The van der Waals surface area contributed by atoms with Crippen LogP contribution in [0.4, 0.5) is 30.6 Å². The summed E-state index contributed by atoms with van der Waals surface area (Å²) < 4.78 is 51.3. The maximum atomic E-state index is 13.4. The molecule has 0 radical (unpaired) electrons. The number of para-hydroxylation sites is 1. The number of fused-ring (bicyclic) bond motifs is 2. The van der Waals surface area contributed by atoms with Gasteiger partial charge in [0.2, 0.25) is 5.95 Å². The third-order valence-corrected chi connectivity index (χ3v) is 4.57. The van der Waals surface area contributed by atoms with Crippen molar-refractivity contribution in [3.8, 4) is 11.5 Å². The highest BCUT2D eigenvalue weighted by Gasteiger charge is 2.36. The van der Waals surface area contributed by atoms with Crippen molar-refractivity contribution < 1.29 is 22.6 Å². The Morgan fingerprint density at radius 1 is 1.11 bits per heavy atom. The van der Waals surface area contributed by atoms with E-state index in [1.54, 1.807) is 18.2 Å². The van der Waals surface area contributed by atoms with Crippen LogP contribution in [0.1, 0.15) is 18.4 Å². The molecular weight excluding hydrogens is 375 g/mol. The van der Waals surface area contributed by atoms with Gasteiger partial charge in [-0.25, -0.2) is 0 Å². The minimum Gasteiger partial charge on any atom is -0.486 e. The topological polar surface area (TPSA) is 84.1 Å². The molecule has 3 heterocycles. The lowest BCUT2D eigenvalue weighted by Crippen LogP contribution is -2.16. The zero-order valence-electron chi connectivity index (χ0n) is 14.6. The number of aromatic nitrogens is 3. The highest BCUT2D eigenvalue weighted by Crippen LogP contribution is 2.41. The molecule has 0 saturated heterocycles. The Morgan fingerprint density at radius 2 is 1.93 bits per heavy atom. The highest BCUT2D eigenvalue weighted by molar-refractivity contribution is 5.92. The molecule has 7 nitrogen and oxygen atoms in total. The predicted octanol–water partition coefficient (Wildman–Crippen LogP) is 4.07. The number of H-pyrrole nitrogens is 1. The van der Waals surface area contributed by atoms with Gasteiger partial charge in [-0.1, -0.05) is 6.07 Å². The molecule has 3 N–H and O–H groups in total. The summed E-state index contributed by atoms with van der Waals surface area (Å²) in [5.74, 6) is 1.43. The third-order valence-electron chi connectivity index (χ3n) is 4.57. The second-order valence-electron chi connectivity index (χ2n) is 6.69. The van der Waals surface area contributed by atoms with Gasteiger partial charge in [0.05, 0.1) is 16.6 Å². The molecule has 146 valence electrons. The molecule has 10 heteroatoms. The standard InChI is InChI=1S/C18H16F3N5O2/c19-18(20,21)10-8-22-15-13(10)16(23-9-4-5-9)26-17(25-15)24-11-2-1-3-12-14(11)28-7-6-27-12/h1-3,8-9H,4-7H2,(H3,22,23,24,25,26). The van der Waals surface area contributed by atoms with E-state index in [1.807, 2.05) is 0 Å². The number of hydrogen-bond donors (Lipinski definition) is 3. The van der Waals surface area contributed by atoms with Crippen LogP contribution in [0.3, 0.4) is 0 Å². The van der Waals surface area contributed by atoms with Crippen LogP contribution < -0.4 is 20.1 Å². The SMILES string of the molecule is FC(F)(F)c1c[nH]c2nc(Nc3cccc4c3OCCO4)nc(NC3CC3)c12. The summed E-state index contributed by atoms with van der Waals surface area (Å²) in [6, 6.07) is 5.46. The summed E-state index contributed by atoms with van der Waals surface area (Å²) in [4.78, 5) is 11.2. The van der Waals surface area contributed by atoms with Crippen LogP contribution in [-0.2, 0) is 6.18 Å². The Kier molecular flexibility index (Phi) is 3.74. The molecule has 0 bridgehead atoms. The van der Waals surface area contributed by atoms with Crippen molar-refractivity contribution in [2.75, 3.05) is 23.8 Å². The molecule has 1 aromatic carbocycles. The molecule has 2 aromatic heterocycles. The van der Waals surface area contributed by atoms with Gasteiger partial charge in [0.15, 0.2) is 11.5 Å². The van der Waals surface area contributed by atoms with Crippen molar-refractivity contribution in [3.05, 3.63) is 30.0 Å². The maximum Gasteiger partial charge on any atom is 0.418 e. The van der Waals surface area contributed by atoms with Gasteiger partial charge in [0, 0.05) is 12.2 Å². The molecule has 3 aromatic rings. The average Bonchev–Trinajstić information content (AvgIpc) is 3.36. The summed E-state index contributed by atoms with van der Waals surface area (Å²) in [7, 11) is 0.